The summed E-state index contributed by atoms with van der Waals surface area (Å²) in [6.45, 7) is 2.01. The van der Waals surface area contributed by atoms with E-state index in [-0.39, 0.29) is 17.9 Å². The van der Waals surface area contributed by atoms with E-state index in [1.165, 1.54) is 11.3 Å². The van der Waals surface area contributed by atoms with Crippen LogP contribution in [0.15, 0.2) is 11.4 Å². The van der Waals surface area contributed by atoms with Gasteiger partial charge in [-0.15, -0.1) is 11.3 Å². The van der Waals surface area contributed by atoms with Crippen LogP contribution in [0.25, 0.3) is 0 Å². The quantitative estimate of drug-likeness (QED) is 0.639. The molecule has 3 N–H and O–H groups in total. The number of hydrogen-bond donors (Lipinski definition) is 3. The molecule has 3 atom stereocenters. The highest BCUT2D eigenvalue weighted by molar-refractivity contribution is 7.12. The first kappa shape index (κ1) is 19.7. The molecule has 0 bridgehead atoms. The second kappa shape index (κ2) is 9.20. The fourth-order valence-corrected chi connectivity index (χ4v) is 4.03. The Hall–Kier alpha value is -1.60. The van der Waals surface area contributed by atoms with Crippen molar-refractivity contribution in [1.29, 1.82) is 0 Å². The zero-order valence-corrected chi connectivity index (χ0v) is 15.7. The van der Waals surface area contributed by atoms with Gasteiger partial charge in [-0.3, -0.25) is 14.4 Å². The Balaban J connectivity index is 2.01. The molecule has 0 aromatic carbocycles. The van der Waals surface area contributed by atoms with Gasteiger partial charge < -0.3 is 15.7 Å². The molecular formula is C17H23ClN2O4S. The van der Waals surface area contributed by atoms with Crippen molar-refractivity contribution in [3.8, 4) is 0 Å². The summed E-state index contributed by atoms with van der Waals surface area (Å²) in [6.07, 6.45) is 4.19. The molecule has 0 spiro atoms. The molecule has 2 amide bonds. The van der Waals surface area contributed by atoms with Crippen molar-refractivity contribution in [1.82, 2.24) is 10.6 Å². The predicted molar refractivity (Wildman–Crippen MR) is 97.0 cm³/mol. The summed E-state index contributed by atoms with van der Waals surface area (Å²) in [6, 6.07) is 0.513. The lowest BCUT2D eigenvalue weighted by molar-refractivity contribution is -0.142. The molecule has 1 saturated carbocycles. The van der Waals surface area contributed by atoms with Gasteiger partial charge in [-0.25, -0.2) is 0 Å². The largest absolute Gasteiger partial charge is 0.481 e. The van der Waals surface area contributed by atoms with E-state index in [4.69, 9.17) is 11.6 Å². The average Bonchev–Trinajstić information content (AvgIpc) is 3.20. The van der Waals surface area contributed by atoms with Crippen LogP contribution in [-0.4, -0.2) is 35.0 Å². The van der Waals surface area contributed by atoms with E-state index in [0.717, 1.165) is 19.3 Å². The zero-order valence-electron chi connectivity index (χ0n) is 14.1. The van der Waals surface area contributed by atoms with Crippen LogP contribution >= 0.6 is 22.9 Å². The minimum absolute atomic E-state index is 0.317. The van der Waals surface area contributed by atoms with Crippen molar-refractivity contribution >= 4 is 40.7 Å². The monoisotopic (exact) mass is 386 g/mol. The number of carbonyl (C=O) groups excluding carboxylic acids is 2. The molecule has 8 heteroatoms. The molecule has 2 rings (SSSR count). The zero-order chi connectivity index (χ0) is 18.4. The van der Waals surface area contributed by atoms with Crippen LogP contribution in [-0.2, 0) is 9.59 Å². The van der Waals surface area contributed by atoms with Crippen molar-refractivity contribution < 1.29 is 19.5 Å². The number of amides is 2. The molecule has 0 unspecified atom stereocenters. The first-order chi connectivity index (χ1) is 11.9. The normalized spacial score (nSPS) is 20.9. The van der Waals surface area contributed by atoms with Crippen LogP contribution in [0.2, 0.25) is 5.02 Å². The van der Waals surface area contributed by atoms with Crippen LogP contribution in [0, 0.1) is 5.92 Å². The molecule has 0 saturated heterocycles. The number of unbranched alkanes of at least 4 members (excludes halogenated alkanes) is 1. The summed E-state index contributed by atoms with van der Waals surface area (Å²) in [4.78, 5) is 36.6. The van der Waals surface area contributed by atoms with Gasteiger partial charge >= 0.3 is 5.97 Å². The summed E-state index contributed by atoms with van der Waals surface area (Å²) in [5, 5.41) is 17.0. The van der Waals surface area contributed by atoms with Crippen LogP contribution < -0.4 is 10.6 Å². The summed E-state index contributed by atoms with van der Waals surface area (Å²) in [7, 11) is 0. The number of thiophene rings is 1. The Kier molecular flexibility index (Phi) is 7.25. The maximum absolute atomic E-state index is 12.6. The van der Waals surface area contributed by atoms with Gasteiger partial charge in [0, 0.05) is 11.4 Å². The molecule has 1 aliphatic rings. The number of carbonyl (C=O) groups is 3. The smallest absolute Gasteiger partial charge is 0.308 e. The molecule has 138 valence electrons. The van der Waals surface area contributed by atoms with Crippen molar-refractivity contribution in [3.63, 3.8) is 0 Å². The number of carboxylic acids is 1. The summed E-state index contributed by atoms with van der Waals surface area (Å²) in [5.41, 5.74) is 0. The van der Waals surface area contributed by atoms with Gasteiger partial charge in [-0.05, 0) is 25.3 Å². The second-order valence-corrected chi connectivity index (χ2v) is 7.64. The summed E-state index contributed by atoms with van der Waals surface area (Å²) >= 11 is 7.06. The van der Waals surface area contributed by atoms with E-state index in [9.17, 15) is 19.5 Å². The van der Waals surface area contributed by atoms with Gasteiger partial charge in [0.15, 0.2) is 0 Å². The first-order valence-electron chi connectivity index (χ1n) is 8.50. The molecule has 6 nitrogen and oxygen atoms in total. The van der Waals surface area contributed by atoms with Crippen LogP contribution in [0.1, 0.15) is 55.1 Å². The van der Waals surface area contributed by atoms with Crippen molar-refractivity contribution in [3.05, 3.63) is 21.3 Å². The van der Waals surface area contributed by atoms with Crippen molar-refractivity contribution in [2.45, 2.75) is 57.5 Å². The maximum atomic E-state index is 12.6. The third kappa shape index (κ3) is 5.44. The fourth-order valence-electron chi connectivity index (χ4n) is 3.05. The van der Waals surface area contributed by atoms with E-state index >= 15 is 0 Å². The number of halogens is 1. The van der Waals surface area contributed by atoms with Gasteiger partial charge in [0.25, 0.3) is 5.91 Å². The summed E-state index contributed by atoms with van der Waals surface area (Å²) < 4.78 is 0. The molecule has 1 aromatic heterocycles. The molecule has 1 aromatic rings. The highest BCUT2D eigenvalue weighted by atomic mass is 35.5. The minimum atomic E-state index is -0.884. The molecular weight excluding hydrogens is 364 g/mol. The van der Waals surface area contributed by atoms with E-state index in [1.54, 1.807) is 11.4 Å². The molecule has 0 aliphatic heterocycles. The maximum Gasteiger partial charge on any atom is 0.308 e. The molecule has 1 aliphatic carbocycles. The van der Waals surface area contributed by atoms with Crippen molar-refractivity contribution in [2.75, 3.05) is 0 Å². The Morgan fingerprint density at radius 3 is 2.76 bits per heavy atom. The number of carboxylic acid groups (broad SMARTS) is 1. The number of hydrogen-bond acceptors (Lipinski definition) is 4. The van der Waals surface area contributed by atoms with Gasteiger partial charge in [-0.1, -0.05) is 37.8 Å². The van der Waals surface area contributed by atoms with Gasteiger partial charge in [-0.2, -0.15) is 0 Å². The summed E-state index contributed by atoms with van der Waals surface area (Å²) in [5.74, 6) is -2.09. The lowest BCUT2D eigenvalue weighted by Gasteiger charge is -2.23. The van der Waals surface area contributed by atoms with E-state index in [1.807, 2.05) is 6.92 Å². The van der Waals surface area contributed by atoms with Gasteiger partial charge in [0.05, 0.1) is 15.8 Å². The predicted octanol–water partition coefficient (Wildman–Crippen LogP) is 3.06. The fraction of sp³-hybridized carbons (Fsp3) is 0.588. The van der Waals surface area contributed by atoms with Crippen LogP contribution in [0.4, 0.5) is 0 Å². The number of aliphatic carboxylic acids is 1. The Morgan fingerprint density at radius 1 is 1.40 bits per heavy atom. The van der Waals surface area contributed by atoms with Crippen LogP contribution in [0.3, 0.4) is 0 Å². The van der Waals surface area contributed by atoms with E-state index in [2.05, 4.69) is 10.6 Å². The molecule has 25 heavy (non-hydrogen) atoms. The highest BCUT2D eigenvalue weighted by Gasteiger charge is 2.35. The third-order valence-corrected chi connectivity index (χ3v) is 5.70. The lowest BCUT2D eigenvalue weighted by atomic mass is 10.0. The lowest BCUT2D eigenvalue weighted by Crippen LogP contribution is -2.51. The Bertz CT molecular complexity index is 634. The highest BCUT2D eigenvalue weighted by Crippen LogP contribution is 2.26. The first-order valence-corrected chi connectivity index (χ1v) is 9.76. The van der Waals surface area contributed by atoms with E-state index in [0.29, 0.717) is 29.2 Å². The van der Waals surface area contributed by atoms with Crippen molar-refractivity contribution in [2.24, 2.45) is 5.92 Å². The number of nitrogens with one attached hydrogen (secondary N) is 2. The SMILES string of the molecule is CCCC[C@H](NC(=O)c1cc(Cl)cs1)C(=O)N[C@H]1CCC[C@H]1C(=O)O. The van der Waals surface area contributed by atoms with Gasteiger partial charge in [0.2, 0.25) is 5.91 Å². The topological polar surface area (TPSA) is 95.5 Å². The molecule has 0 radical (unpaired) electrons. The number of rotatable bonds is 8. The standard InChI is InChI=1S/C17H23ClN2O4S/c1-2-3-6-13(20-16(22)14-8-10(18)9-25-14)15(21)19-12-7-4-5-11(12)17(23)24/h8-9,11-13H,2-7H2,1H3,(H,19,21)(H,20,22)(H,23,24)/t11-,12+,13+/m1/s1. The Labute approximate surface area is 155 Å². The third-order valence-electron chi connectivity index (χ3n) is 4.42. The van der Waals surface area contributed by atoms with Gasteiger partial charge in [0.1, 0.15) is 6.04 Å². The second-order valence-electron chi connectivity index (χ2n) is 6.29. The Morgan fingerprint density at radius 2 is 2.16 bits per heavy atom. The average molecular weight is 387 g/mol. The van der Waals surface area contributed by atoms with E-state index < -0.39 is 17.9 Å². The molecule has 1 heterocycles. The van der Waals surface area contributed by atoms with Crippen LogP contribution in [0.5, 0.6) is 0 Å². The minimum Gasteiger partial charge on any atom is -0.481 e. The molecule has 1 fully saturated rings.